The Kier molecular flexibility index (Phi) is 2.63. The highest BCUT2D eigenvalue weighted by Gasteiger charge is 1.94. The molecule has 1 aromatic rings. The summed E-state index contributed by atoms with van der Waals surface area (Å²) in [5, 5.41) is 6.12. The molecule has 0 atom stereocenters. The van der Waals surface area contributed by atoms with Crippen LogP contribution in [0.1, 0.15) is 5.01 Å². The van der Waals surface area contributed by atoms with E-state index in [0.717, 1.165) is 16.2 Å². The number of halogens is 1. The van der Waals surface area contributed by atoms with E-state index >= 15 is 0 Å². The van der Waals surface area contributed by atoms with Crippen molar-refractivity contribution in [2.45, 2.75) is 6.54 Å². The maximum absolute atomic E-state index is 4.17. The fraction of sp³-hybridized carbons (Fsp3) is 0.400. The summed E-state index contributed by atoms with van der Waals surface area (Å²) >= 11 is 4.93. The van der Waals surface area contributed by atoms with Crippen LogP contribution in [0, 0.1) is 0 Å². The van der Waals surface area contributed by atoms with Crippen LogP contribution in [0.5, 0.6) is 0 Å². The molecular weight excluding hydrogens is 200 g/mol. The molecule has 1 N–H and O–H groups in total. The number of hydrogen-bond acceptors (Lipinski definition) is 3. The molecule has 0 saturated carbocycles. The van der Waals surface area contributed by atoms with Gasteiger partial charge in [-0.05, 0) is 23.0 Å². The van der Waals surface area contributed by atoms with Gasteiger partial charge in [-0.3, -0.25) is 0 Å². The van der Waals surface area contributed by atoms with E-state index in [1.165, 1.54) is 0 Å². The Balaban J connectivity index is 2.61. The number of thiazole rings is 1. The maximum atomic E-state index is 4.17. The van der Waals surface area contributed by atoms with Crippen LogP contribution in [0.4, 0.5) is 0 Å². The van der Waals surface area contributed by atoms with Crippen LogP contribution in [-0.2, 0) is 6.54 Å². The zero-order valence-electron chi connectivity index (χ0n) is 5.02. The Morgan fingerprint density at radius 1 is 1.89 bits per heavy atom. The van der Waals surface area contributed by atoms with Crippen molar-refractivity contribution in [2.75, 3.05) is 7.05 Å². The van der Waals surface area contributed by atoms with Crippen molar-refractivity contribution in [3.63, 3.8) is 0 Å². The van der Waals surface area contributed by atoms with Gasteiger partial charge in [-0.1, -0.05) is 0 Å². The van der Waals surface area contributed by atoms with E-state index < -0.39 is 0 Å². The highest BCUT2D eigenvalue weighted by Crippen LogP contribution is 2.13. The van der Waals surface area contributed by atoms with Crippen molar-refractivity contribution in [3.8, 4) is 0 Å². The molecule has 0 fully saturated rings. The molecule has 0 amide bonds. The lowest BCUT2D eigenvalue weighted by Crippen LogP contribution is -2.03. The third-order valence-corrected chi connectivity index (χ3v) is 2.41. The van der Waals surface area contributed by atoms with E-state index in [1.54, 1.807) is 11.3 Å². The Morgan fingerprint density at radius 2 is 2.67 bits per heavy atom. The molecule has 1 heterocycles. The van der Waals surface area contributed by atoms with Gasteiger partial charge in [0.1, 0.15) is 9.61 Å². The number of aromatic nitrogens is 1. The predicted molar refractivity (Wildman–Crippen MR) is 42.6 cm³/mol. The van der Waals surface area contributed by atoms with Gasteiger partial charge in [0.05, 0.1) is 0 Å². The second-order valence-corrected chi connectivity index (χ2v) is 3.35. The van der Waals surface area contributed by atoms with E-state index in [1.807, 2.05) is 12.4 Å². The summed E-state index contributed by atoms with van der Waals surface area (Å²) in [6.07, 6.45) is 0. The minimum Gasteiger partial charge on any atom is -0.314 e. The van der Waals surface area contributed by atoms with Gasteiger partial charge in [0.25, 0.3) is 0 Å². The quantitative estimate of drug-likeness (QED) is 0.797. The average molecular weight is 207 g/mol. The van der Waals surface area contributed by atoms with Gasteiger partial charge < -0.3 is 5.32 Å². The zero-order chi connectivity index (χ0) is 6.69. The van der Waals surface area contributed by atoms with E-state index in [-0.39, 0.29) is 0 Å². The molecular formula is C5H7BrN2S. The van der Waals surface area contributed by atoms with Crippen LogP contribution in [0.15, 0.2) is 9.98 Å². The molecule has 50 valence electrons. The van der Waals surface area contributed by atoms with Gasteiger partial charge in [0.15, 0.2) is 0 Å². The first-order chi connectivity index (χ1) is 4.33. The van der Waals surface area contributed by atoms with Crippen LogP contribution in [0.2, 0.25) is 0 Å². The van der Waals surface area contributed by atoms with Crippen LogP contribution < -0.4 is 5.32 Å². The van der Waals surface area contributed by atoms with Gasteiger partial charge >= 0.3 is 0 Å². The van der Waals surface area contributed by atoms with Crippen molar-refractivity contribution >= 4 is 27.3 Å². The average Bonchev–Trinajstić information content (AvgIpc) is 2.17. The molecule has 0 bridgehead atoms. The second-order valence-electron chi connectivity index (χ2n) is 1.59. The highest BCUT2D eigenvalue weighted by molar-refractivity contribution is 9.10. The number of rotatable bonds is 2. The fourth-order valence-electron chi connectivity index (χ4n) is 0.521. The summed E-state index contributed by atoms with van der Waals surface area (Å²) in [6, 6.07) is 0. The minimum absolute atomic E-state index is 0.857. The van der Waals surface area contributed by atoms with E-state index in [2.05, 4.69) is 26.2 Å². The Hall–Kier alpha value is 0.0700. The molecule has 0 radical (unpaired) electrons. The van der Waals surface area contributed by atoms with Crippen molar-refractivity contribution in [1.29, 1.82) is 0 Å². The Bertz CT molecular complexity index is 187. The first-order valence-electron chi connectivity index (χ1n) is 2.57. The van der Waals surface area contributed by atoms with Gasteiger partial charge in [-0.2, -0.15) is 0 Å². The lowest BCUT2D eigenvalue weighted by Gasteiger charge is -1.88. The SMILES string of the molecule is CNCc1nc(Br)cs1. The summed E-state index contributed by atoms with van der Waals surface area (Å²) in [7, 11) is 1.91. The zero-order valence-corrected chi connectivity index (χ0v) is 7.42. The number of nitrogens with zero attached hydrogens (tertiary/aromatic N) is 1. The molecule has 9 heavy (non-hydrogen) atoms. The van der Waals surface area contributed by atoms with E-state index in [9.17, 15) is 0 Å². The molecule has 0 aliphatic heterocycles. The molecule has 4 heteroatoms. The summed E-state index contributed by atoms with van der Waals surface area (Å²) in [5.41, 5.74) is 0. The molecule has 0 aliphatic rings. The highest BCUT2D eigenvalue weighted by atomic mass is 79.9. The third-order valence-electron chi connectivity index (χ3n) is 0.852. The monoisotopic (exact) mass is 206 g/mol. The molecule has 0 spiro atoms. The van der Waals surface area contributed by atoms with Gasteiger partial charge in [-0.25, -0.2) is 4.98 Å². The number of nitrogens with one attached hydrogen (secondary N) is 1. The predicted octanol–water partition coefficient (Wildman–Crippen LogP) is 1.62. The Morgan fingerprint density at radius 3 is 3.11 bits per heavy atom. The van der Waals surface area contributed by atoms with Crippen molar-refractivity contribution in [2.24, 2.45) is 0 Å². The summed E-state index contributed by atoms with van der Waals surface area (Å²) < 4.78 is 0.928. The normalized spacial score (nSPS) is 10.0. The van der Waals surface area contributed by atoms with E-state index in [0.29, 0.717) is 0 Å². The molecule has 1 aromatic heterocycles. The van der Waals surface area contributed by atoms with Crippen LogP contribution >= 0.6 is 27.3 Å². The lowest BCUT2D eigenvalue weighted by molar-refractivity contribution is 0.808. The van der Waals surface area contributed by atoms with Gasteiger partial charge in [0, 0.05) is 11.9 Å². The van der Waals surface area contributed by atoms with Crippen molar-refractivity contribution in [3.05, 3.63) is 15.0 Å². The topological polar surface area (TPSA) is 24.9 Å². The minimum atomic E-state index is 0.857. The molecule has 0 unspecified atom stereocenters. The largest absolute Gasteiger partial charge is 0.314 e. The maximum Gasteiger partial charge on any atom is 0.117 e. The van der Waals surface area contributed by atoms with E-state index in [4.69, 9.17) is 0 Å². The smallest absolute Gasteiger partial charge is 0.117 e. The summed E-state index contributed by atoms with van der Waals surface area (Å²) in [6.45, 7) is 0.857. The van der Waals surface area contributed by atoms with Crippen LogP contribution in [0.25, 0.3) is 0 Å². The molecule has 2 nitrogen and oxygen atoms in total. The van der Waals surface area contributed by atoms with Gasteiger partial charge in [0.2, 0.25) is 0 Å². The first-order valence-corrected chi connectivity index (χ1v) is 4.24. The van der Waals surface area contributed by atoms with Crippen molar-refractivity contribution < 1.29 is 0 Å². The third kappa shape index (κ3) is 2.04. The second kappa shape index (κ2) is 3.29. The molecule has 0 saturated heterocycles. The Labute approximate surface area is 66.4 Å². The van der Waals surface area contributed by atoms with Gasteiger partial charge in [-0.15, -0.1) is 11.3 Å². The molecule has 0 aliphatic carbocycles. The van der Waals surface area contributed by atoms with Crippen LogP contribution in [-0.4, -0.2) is 12.0 Å². The lowest BCUT2D eigenvalue weighted by atomic mass is 10.7. The summed E-state index contributed by atoms with van der Waals surface area (Å²) in [4.78, 5) is 4.17. The molecule has 1 rings (SSSR count). The molecule has 0 aromatic carbocycles. The van der Waals surface area contributed by atoms with Crippen LogP contribution in [0.3, 0.4) is 0 Å². The summed E-state index contributed by atoms with van der Waals surface area (Å²) in [5.74, 6) is 0. The fourth-order valence-corrected chi connectivity index (χ4v) is 1.80. The number of hydrogen-bond donors (Lipinski definition) is 1. The standard InChI is InChI=1S/C5H7BrN2S/c1-7-2-5-8-4(6)3-9-5/h3,7H,2H2,1H3. The first kappa shape index (κ1) is 7.18. The van der Waals surface area contributed by atoms with Crippen molar-refractivity contribution in [1.82, 2.24) is 10.3 Å².